The lowest BCUT2D eigenvalue weighted by Crippen LogP contribution is -2.35. The third kappa shape index (κ3) is 5.40. The normalized spacial score (nSPS) is 11.2. The van der Waals surface area contributed by atoms with Crippen LogP contribution < -0.4 is 10.1 Å². The Kier molecular flexibility index (Phi) is 6.16. The summed E-state index contributed by atoms with van der Waals surface area (Å²) in [7, 11) is 1.79. The maximum Gasteiger partial charge on any atom is 0.218 e. The van der Waals surface area contributed by atoms with Gasteiger partial charge in [-0.1, -0.05) is 6.07 Å². The minimum Gasteiger partial charge on any atom is -0.438 e. The number of pyridine rings is 1. The molecule has 0 fully saturated rings. The van der Waals surface area contributed by atoms with Crippen molar-refractivity contribution < 1.29 is 4.74 Å². The average molecular weight is 440 g/mol. The van der Waals surface area contributed by atoms with E-state index in [9.17, 15) is 5.26 Å². The number of ether oxygens (including phenoxy) is 1. The lowest BCUT2D eigenvalue weighted by molar-refractivity contribution is 0.423. The molecule has 0 bridgehead atoms. The van der Waals surface area contributed by atoms with Crippen molar-refractivity contribution in [1.82, 2.24) is 30.0 Å². The van der Waals surface area contributed by atoms with Crippen LogP contribution in [0.5, 0.6) is 11.6 Å². The molecule has 33 heavy (non-hydrogen) atoms. The van der Waals surface area contributed by atoms with Gasteiger partial charge in [-0.2, -0.15) is 10.4 Å². The highest BCUT2D eigenvalue weighted by Crippen LogP contribution is 2.33. The van der Waals surface area contributed by atoms with Gasteiger partial charge in [-0.15, -0.1) is 0 Å². The molecule has 4 aromatic rings. The van der Waals surface area contributed by atoms with Crippen LogP contribution in [0, 0.1) is 11.3 Å². The predicted octanol–water partition coefficient (Wildman–Crippen LogP) is 4.49. The van der Waals surface area contributed by atoms with Crippen LogP contribution in [0.2, 0.25) is 0 Å². The molecular formula is C25H25N7O. The second-order valence-corrected chi connectivity index (χ2v) is 8.65. The van der Waals surface area contributed by atoms with Crippen molar-refractivity contribution in [3.63, 3.8) is 0 Å². The van der Waals surface area contributed by atoms with Gasteiger partial charge in [0, 0.05) is 49.4 Å². The molecule has 0 aliphatic rings. The SMILES string of the molecule is Cn1nc(-c2ccccn2)cc1Oc1cc(C#N)ccc1-c1ncc(CNC(C)(C)C)cn1. The van der Waals surface area contributed by atoms with E-state index in [1.165, 1.54) is 0 Å². The summed E-state index contributed by atoms with van der Waals surface area (Å²) in [4.78, 5) is 13.4. The molecule has 0 amide bonds. The molecule has 0 atom stereocenters. The molecule has 0 aliphatic heterocycles. The Morgan fingerprint density at radius 3 is 2.48 bits per heavy atom. The Bertz CT molecular complexity index is 1280. The number of aryl methyl sites for hydroxylation is 1. The molecular weight excluding hydrogens is 414 g/mol. The summed E-state index contributed by atoms with van der Waals surface area (Å²) in [5.74, 6) is 1.50. The van der Waals surface area contributed by atoms with E-state index in [-0.39, 0.29) is 5.54 Å². The number of rotatable bonds is 6. The van der Waals surface area contributed by atoms with Crippen LogP contribution in [0.1, 0.15) is 31.9 Å². The van der Waals surface area contributed by atoms with E-state index >= 15 is 0 Å². The van der Waals surface area contributed by atoms with E-state index in [2.05, 4.69) is 52.2 Å². The number of nitrogens with one attached hydrogen (secondary N) is 1. The molecule has 3 aromatic heterocycles. The first kappa shape index (κ1) is 22.1. The lowest BCUT2D eigenvalue weighted by Gasteiger charge is -2.20. The van der Waals surface area contributed by atoms with E-state index in [4.69, 9.17) is 4.74 Å². The summed E-state index contributed by atoms with van der Waals surface area (Å²) in [6, 6.07) is 14.8. The van der Waals surface area contributed by atoms with Crippen LogP contribution in [0.3, 0.4) is 0 Å². The molecule has 1 N–H and O–H groups in total. The Morgan fingerprint density at radius 2 is 1.82 bits per heavy atom. The molecule has 3 heterocycles. The molecule has 4 rings (SSSR count). The fourth-order valence-electron chi connectivity index (χ4n) is 3.11. The molecule has 166 valence electrons. The van der Waals surface area contributed by atoms with Gasteiger partial charge in [0.15, 0.2) is 5.82 Å². The monoisotopic (exact) mass is 439 g/mol. The fraction of sp³-hybridized carbons (Fsp3) is 0.240. The lowest BCUT2D eigenvalue weighted by atomic mass is 10.1. The van der Waals surface area contributed by atoms with Gasteiger partial charge in [0.2, 0.25) is 5.88 Å². The highest BCUT2D eigenvalue weighted by Gasteiger charge is 2.16. The van der Waals surface area contributed by atoms with Crippen LogP contribution in [-0.2, 0) is 13.6 Å². The number of nitrogens with zero attached hydrogens (tertiary/aromatic N) is 6. The Hall–Kier alpha value is -4.09. The zero-order valence-corrected chi connectivity index (χ0v) is 19.1. The maximum atomic E-state index is 9.39. The Labute approximate surface area is 192 Å². The molecule has 1 aromatic carbocycles. The molecule has 0 spiro atoms. The minimum atomic E-state index is 0.00400. The van der Waals surface area contributed by atoms with Crippen molar-refractivity contribution in [1.29, 1.82) is 5.26 Å². The van der Waals surface area contributed by atoms with Crippen LogP contribution in [0.25, 0.3) is 22.8 Å². The van der Waals surface area contributed by atoms with Crippen molar-refractivity contribution >= 4 is 0 Å². The third-order valence-electron chi connectivity index (χ3n) is 4.86. The minimum absolute atomic E-state index is 0.00400. The zero-order valence-electron chi connectivity index (χ0n) is 19.1. The first-order valence-corrected chi connectivity index (χ1v) is 10.6. The third-order valence-corrected chi connectivity index (χ3v) is 4.86. The molecule has 0 saturated heterocycles. The summed E-state index contributed by atoms with van der Waals surface area (Å²) < 4.78 is 7.82. The van der Waals surface area contributed by atoms with Gasteiger partial charge in [-0.25, -0.2) is 14.6 Å². The van der Waals surface area contributed by atoms with Gasteiger partial charge >= 0.3 is 0 Å². The van der Waals surface area contributed by atoms with Crippen LogP contribution >= 0.6 is 0 Å². The highest BCUT2D eigenvalue weighted by molar-refractivity contribution is 5.66. The van der Waals surface area contributed by atoms with E-state index in [0.717, 1.165) is 11.3 Å². The first-order chi connectivity index (χ1) is 15.8. The van der Waals surface area contributed by atoms with Crippen LogP contribution in [0.15, 0.2) is 61.1 Å². The second kappa shape index (κ2) is 9.18. The van der Waals surface area contributed by atoms with Crippen LogP contribution in [0.4, 0.5) is 0 Å². The summed E-state index contributed by atoms with van der Waals surface area (Å²) in [6.07, 6.45) is 5.32. The van der Waals surface area contributed by atoms with Gasteiger partial charge in [0.25, 0.3) is 0 Å². The topological polar surface area (TPSA) is 102 Å². The quantitative estimate of drug-likeness (QED) is 0.472. The van der Waals surface area contributed by atoms with Crippen molar-refractivity contribution in [2.45, 2.75) is 32.9 Å². The standard InChI is InChI=1S/C25H25N7O/c1-25(2,3)30-16-18-14-28-24(29-15-18)19-9-8-17(13-26)11-22(19)33-23-12-21(31-32(23)4)20-7-5-6-10-27-20/h5-12,14-15,30H,16H2,1-4H3. The van der Waals surface area contributed by atoms with E-state index < -0.39 is 0 Å². The number of hydrogen-bond donors (Lipinski definition) is 1. The average Bonchev–Trinajstić information content (AvgIpc) is 3.18. The smallest absolute Gasteiger partial charge is 0.218 e. The molecule has 0 saturated carbocycles. The zero-order chi connectivity index (χ0) is 23.4. The molecule has 0 unspecified atom stereocenters. The maximum absolute atomic E-state index is 9.39. The number of aromatic nitrogens is 5. The van der Waals surface area contributed by atoms with Gasteiger partial charge in [0.05, 0.1) is 22.9 Å². The van der Waals surface area contributed by atoms with Crippen LogP contribution in [-0.4, -0.2) is 30.3 Å². The largest absolute Gasteiger partial charge is 0.438 e. The molecule has 0 radical (unpaired) electrons. The molecule has 0 aliphatic carbocycles. The van der Waals surface area contributed by atoms with Gasteiger partial charge < -0.3 is 10.1 Å². The number of hydrogen-bond acceptors (Lipinski definition) is 7. The fourth-order valence-corrected chi connectivity index (χ4v) is 3.11. The first-order valence-electron chi connectivity index (χ1n) is 10.6. The van der Waals surface area contributed by atoms with E-state index in [1.807, 2.05) is 24.3 Å². The number of benzene rings is 1. The van der Waals surface area contributed by atoms with E-state index in [1.54, 1.807) is 48.5 Å². The van der Waals surface area contributed by atoms with Crippen molar-refractivity contribution in [2.75, 3.05) is 0 Å². The van der Waals surface area contributed by atoms with Crippen molar-refractivity contribution in [3.8, 4) is 40.5 Å². The second-order valence-electron chi connectivity index (χ2n) is 8.65. The Balaban J connectivity index is 1.63. The summed E-state index contributed by atoms with van der Waals surface area (Å²) in [6.45, 7) is 7.01. The molecule has 8 nitrogen and oxygen atoms in total. The van der Waals surface area contributed by atoms with Crippen molar-refractivity contribution in [2.24, 2.45) is 7.05 Å². The van der Waals surface area contributed by atoms with E-state index in [0.29, 0.717) is 40.8 Å². The number of nitriles is 1. The van der Waals surface area contributed by atoms with Gasteiger partial charge in [-0.3, -0.25) is 4.98 Å². The summed E-state index contributed by atoms with van der Waals surface area (Å²) in [5.41, 5.74) is 3.59. The Morgan fingerprint density at radius 1 is 1.03 bits per heavy atom. The highest BCUT2D eigenvalue weighted by atomic mass is 16.5. The van der Waals surface area contributed by atoms with Gasteiger partial charge in [-0.05, 0) is 51.1 Å². The summed E-state index contributed by atoms with van der Waals surface area (Å²) in [5, 5.41) is 17.3. The van der Waals surface area contributed by atoms with Gasteiger partial charge in [0.1, 0.15) is 11.4 Å². The van der Waals surface area contributed by atoms with Crippen molar-refractivity contribution in [3.05, 3.63) is 72.2 Å². The molecule has 8 heteroatoms. The predicted molar refractivity (Wildman–Crippen MR) is 125 cm³/mol. The summed E-state index contributed by atoms with van der Waals surface area (Å²) >= 11 is 0.